The van der Waals surface area contributed by atoms with Crippen LogP contribution in [-0.2, 0) is 5.41 Å². The van der Waals surface area contributed by atoms with Crippen LogP contribution in [0.1, 0.15) is 22.3 Å². The molecule has 0 saturated carbocycles. The summed E-state index contributed by atoms with van der Waals surface area (Å²) in [6.07, 6.45) is 0. The first kappa shape index (κ1) is 33.7. The van der Waals surface area contributed by atoms with Crippen molar-refractivity contribution in [3.05, 3.63) is 259 Å². The topological polar surface area (TPSA) is 11.4 Å². The summed E-state index contributed by atoms with van der Waals surface area (Å²) >= 11 is 0. The van der Waals surface area contributed by atoms with E-state index < -0.39 is 5.41 Å². The van der Waals surface area contributed by atoms with Gasteiger partial charge in [0.15, 0.2) is 0 Å². The van der Waals surface area contributed by atoms with Crippen LogP contribution in [-0.4, -0.2) is 4.57 Å². The first-order valence-electron chi connectivity index (χ1n) is 19.9. The molecule has 0 radical (unpaired) electrons. The number of hydrogen-bond acceptors (Lipinski definition) is 2. The normalized spacial score (nSPS) is 12.6. The molecular weight excluding hydrogens is 703 g/mol. The minimum Gasteiger partial charge on any atom is -0.311 e. The number of aromatic nitrogens is 1. The Bertz CT molecular complexity index is 2820. The smallest absolute Gasteiger partial charge is 0.0742 e. The van der Waals surface area contributed by atoms with Crippen LogP contribution in [0.5, 0.6) is 0 Å². The van der Waals surface area contributed by atoms with Crippen LogP contribution in [0.2, 0.25) is 0 Å². The van der Waals surface area contributed by atoms with Crippen molar-refractivity contribution in [3.63, 3.8) is 0 Å². The minimum atomic E-state index is -0.633. The fourth-order valence-corrected chi connectivity index (χ4v) is 9.41. The van der Waals surface area contributed by atoms with Crippen LogP contribution in [0.3, 0.4) is 0 Å². The molecule has 11 rings (SSSR count). The van der Waals surface area contributed by atoms with Crippen molar-refractivity contribution in [3.8, 4) is 5.69 Å². The lowest BCUT2D eigenvalue weighted by molar-refractivity contribution is 0.728. The highest BCUT2D eigenvalue weighted by Gasteiger charge is 2.45. The van der Waals surface area contributed by atoms with Crippen LogP contribution >= 0.6 is 0 Å². The molecule has 3 nitrogen and oxygen atoms in total. The third-order valence-electron chi connectivity index (χ3n) is 11.8. The number of anilines is 6. The molecule has 0 saturated heterocycles. The lowest BCUT2D eigenvalue weighted by Crippen LogP contribution is -2.35. The van der Waals surface area contributed by atoms with Crippen molar-refractivity contribution in [2.45, 2.75) is 5.41 Å². The molecule has 0 bridgehead atoms. The molecular formula is C55H39N3. The molecule has 2 heterocycles. The molecule has 274 valence electrons. The van der Waals surface area contributed by atoms with Gasteiger partial charge in [-0.25, -0.2) is 0 Å². The van der Waals surface area contributed by atoms with Crippen LogP contribution < -0.4 is 9.80 Å². The van der Waals surface area contributed by atoms with Gasteiger partial charge in [-0.15, -0.1) is 0 Å². The summed E-state index contributed by atoms with van der Waals surface area (Å²) in [5, 5.41) is 2.53. The lowest BCUT2D eigenvalue weighted by atomic mass is 9.63. The summed E-state index contributed by atoms with van der Waals surface area (Å²) in [5.41, 5.74) is 14.7. The Labute approximate surface area is 338 Å². The van der Waals surface area contributed by atoms with Gasteiger partial charge in [-0.05, 0) is 107 Å². The zero-order valence-electron chi connectivity index (χ0n) is 31.9. The Morgan fingerprint density at radius 1 is 0.293 bits per heavy atom. The van der Waals surface area contributed by atoms with E-state index in [1.165, 1.54) is 49.7 Å². The second kappa shape index (κ2) is 13.8. The van der Waals surface area contributed by atoms with Gasteiger partial charge < -0.3 is 14.4 Å². The number of para-hydroxylation sites is 7. The van der Waals surface area contributed by atoms with E-state index in [-0.39, 0.29) is 0 Å². The van der Waals surface area contributed by atoms with Crippen molar-refractivity contribution in [2.75, 3.05) is 9.80 Å². The number of rotatable bonds is 8. The van der Waals surface area contributed by atoms with Gasteiger partial charge in [-0.3, -0.25) is 0 Å². The third kappa shape index (κ3) is 5.21. The fourth-order valence-electron chi connectivity index (χ4n) is 9.41. The molecule has 9 aromatic carbocycles. The minimum absolute atomic E-state index is 0.633. The Balaban J connectivity index is 1.17. The van der Waals surface area contributed by atoms with E-state index in [0.717, 1.165) is 34.1 Å². The van der Waals surface area contributed by atoms with E-state index in [0.29, 0.717) is 0 Å². The van der Waals surface area contributed by atoms with Gasteiger partial charge in [0.05, 0.1) is 22.1 Å². The second-order valence-electron chi connectivity index (χ2n) is 14.9. The molecule has 1 aromatic heterocycles. The molecule has 0 amide bonds. The molecule has 0 atom stereocenters. The Morgan fingerprint density at radius 3 is 1.17 bits per heavy atom. The molecule has 0 unspecified atom stereocenters. The molecule has 0 aliphatic carbocycles. The largest absolute Gasteiger partial charge is 0.311 e. The van der Waals surface area contributed by atoms with E-state index in [1.807, 2.05) is 0 Å². The monoisotopic (exact) mass is 741 g/mol. The van der Waals surface area contributed by atoms with Gasteiger partial charge in [0, 0.05) is 44.9 Å². The summed E-state index contributed by atoms with van der Waals surface area (Å²) in [6.45, 7) is 0. The van der Waals surface area contributed by atoms with Crippen molar-refractivity contribution >= 4 is 55.9 Å². The number of hydrogen-bond donors (Lipinski definition) is 0. The van der Waals surface area contributed by atoms with Gasteiger partial charge in [0.25, 0.3) is 0 Å². The van der Waals surface area contributed by atoms with Gasteiger partial charge >= 0.3 is 0 Å². The first-order valence-corrected chi connectivity index (χ1v) is 19.9. The zero-order valence-corrected chi connectivity index (χ0v) is 31.9. The van der Waals surface area contributed by atoms with E-state index in [1.54, 1.807) is 0 Å². The van der Waals surface area contributed by atoms with Crippen molar-refractivity contribution < 1.29 is 0 Å². The van der Waals surface area contributed by atoms with Crippen molar-refractivity contribution in [2.24, 2.45) is 0 Å². The summed E-state index contributed by atoms with van der Waals surface area (Å²) in [5.74, 6) is 0. The van der Waals surface area contributed by atoms with Crippen LogP contribution in [0, 0.1) is 0 Å². The maximum Gasteiger partial charge on any atom is 0.0742 e. The van der Waals surface area contributed by atoms with Crippen LogP contribution in [0.25, 0.3) is 27.5 Å². The standard InChI is InChI=1S/C55H39N3/c1-5-18-42(19-6-1)56(43-20-7-2-8-21-43)46-36-32-40(33-37-46)55(41-34-38-47(39-35-41)57(44-22-9-3-10-23-44)45-24-11-4-12-25-45)50-28-14-16-31-53(50)58-52-30-15-13-26-48(52)49-27-17-29-51(55)54(49)58/h1-39H. The Kier molecular flexibility index (Phi) is 8.04. The van der Waals surface area contributed by atoms with E-state index in [4.69, 9.17) is 0 Å². The third-order valence-corrected chi connectivity index (χ3v) is 11.8. The molecule has 1 aliphatic rings. The average molecular weight is 742 g/mol. The summed E-state index contributed by atoms with van der Waals surface area (Å²) in [7, 11) is 0. The highest BCUT2D eigenvalue weighted by molar-refractivity contribution is 6.12. The summed E-state index contributed by atoms with van der Waals surface area (Å²) in [4.78, 5) is 4.67. The Morgan fingerprint density at radius 2 is 0.672 bits per heavy atom. The van der Waals surface area contributed by atoms with E-state index in [9.17, 15) is 0 Å². The quantitative estimate of drug-likeness (QED) is 0.154. The predicted molar refractivity (Wildman–Crippen MR) is 242 cm³/mol. The van der Waals surface area contributed by atoms with Gasteiger partial charge in [-0.2, -0.15) is 0 Å². The van der Waals surface area contributed by atoms with Gasteiger partial charge in [-0.1, -0.05) is 152 Å². The zero-order chi connectivity index (χ0) is 38.5. The van der Waals surface area contributed by atoms with E-state index in [2.05, 4.69) is 251 Å². The Hall–Kier alpha value is -7.62. The van der Waals surface area contributed by atoms with Gasteiger partial charge in [0.1, 0.15) is 0 Å². The molecule has 0 spiro atoms. The maximum atomic E-state index is 2.50. The van der Waals surface area contributed by atoms with Crippen molar-refractivity contribution in [1.29, 1.82) is 0 Å². The second-order valence-corrected chi connectivity index (χ2v) is 14.9. The maximum absolute atomic E-state index is 2.50. The molecule has 3 heteroatoms. The fraction of sp³-hybridized carbons (Fsp3) is 0.0182. The molecule has 10 aromatic rings. The summed E-state index contributed by atoms with van der Waals surface area (Å²) < 4.78 is 2.50. The number of nitrogens with zero attached hydrogens (tertiary/aromatic N) is 3. The highest BCUT2D eigenvalue weighted by atomic mass is 15.1. The number of benzene rings is 9. The van der Waals surface area contributed by atoms with Crippen LogP contribution in [0.4, 0.5) is 34.1 Å². The first-order chi connectivity index (χ1) is 28.8. The predicted octanol–water partition coefficient (Wildman–Crippen LogP) is 14.4. The molecule has 0 fully saturated rings. The number of fused-ring (bicyclic) bond motifs is 5. The lowest BCUT2D eigenvalue weighted by Gasteiger charge is -2.42. The van der Waals surface area contributed by atoms with Gasteiger partial charge in [0.2, 0.25) is 0 Å². The highest BCUT2D eigenvalue weighted by Crippen LogP contribution is 2.55. The van der Waals surface area contributed by atoms with E-state index >= 15 is 0 Å². The molecule has 1 aliphatic heterocycles. The molecule has 58 heavy (non-hydrogen) atoms. The SMILES string of the molecule is c1ccc(N(c2ccccc2)c2ccc(C3(c4ccc(N(c5ccccc5)c5ccccc5)cc4)c4ccccc4-n4c5ccccc5c5cccc3c54)cc2)cc1. The molecule has 0 N–H and O–H groups in total. The van der Waals surface area contributed by atoms with Crippen LogP contribution in [0.15, 0.2) is 237 Å². The van der Waals surface area contributed by atoms with Crippen molar-refractivity contribution in [1.82, 2.24) is 4.57 Å². The average Bonchev–Trinajstić information content (AvgIpc) is 3.64. The summed E-state index contributed by atoms with van der Waals surface area (Å²) in [6, 6.07) is 85.9.